The molecule has 2 heterocycles. The maximum Gasteiger partial charge on any atom is 0.0991 e. The van der Waals surface area contributed by atoms with Crippen molar-refractivity contribution in [1.82, 2.24) is 9.80 Å². The number of benzene rings is 2. The third kappa shape index (κ3) is 12.1. The first kappa shape index (κ1) is 34.8. The second-order valence-corrected chi connectivity index (χ2v) is 13.4. The molecule has 0 N–H and O–H groups in total. The quantitative estimate of drug-likeness (QED) is 0.263. The van der Waals surface area contributed by atoms with E-state index in [-0.39, 0.29) is 0 Å². The monoisotopic (exact) mass is 585 g/mol. The number of terminal acetylenes is 1. The molecule has 0 saturated carbocycles. The van der Waals surface area contributed by atoms with Gasteiger partial charge in [-0.1, -0.05) is 38.0 Å². The van der Waals surface area contributed by atoms with E-state index < -0.39 is 0 Å². The van der Waals surface area contributed by atoms with Gasteiger partial charge in [0.05, 0.1) is 37.1 Å². The normalized spacial score (nSPS) is 22.4. The van der Waals surface area contributed by atoms with Crippen LogP contribution in [0.5, 0.6) is 0 Å². The fraction of sp³-hybridized carbons (Fsp3) is 0.605. The van der Waals surface area contributed by atoms with Crippen molar-refractivity contribution in [3.05, 3.63) is 70.3 Å². The van der Waals surface area contributed by atoms with Crippen LogP contribution in [0.2, 0.25) is 0 Å². The summed E-state index contributed by atoms with van der Waals surface area (Å²) in [7, 11) is 0. The Bertz CT molecular complexity index is 1210. The highest BCUT2D eigenvalue weighted by Crippen LogP contribution is 2.25. The highest BCUT2D eigenvalue weighted by atomic mass is 16.5. The van der Waals surface area contributed by atoms with Crippen LogP contribution in [0.15, 0.2) is 42.5 Å². The Morgan fingerprint density at radius 3 is 1.84 bits per heavy atom. The average Bonchev–Trinajstić information content (AvgIpc) is 3.53. The summed E-state index contributed by atoms with van der Waals surface area (Å²) in [6, 6.07) is 16.7. The third-order valence-electron chi connectivity index (χ3n) is 8.77. The van der Waals surface area contributed by atoms with E-state index in [1.165, 1.54) is 23.2 Å². The lowest BCUT2D eigenvalue weighted by molar-refractivity contribution is 0.0453. The number of hydrogen-bond donors (Lipinski definition) is 0. The Balaban J connectivity index is 0.000000236. The molecule has 2 aromatic carbocycles. The lowest BCUT2D eigenvalue weighted by Crippen LogP contribution is -2.24. The van der Waals surface area contributed by atoms with Gasteiger partial charge in [-0.2, -0.15) is 5.26 Å². The van der Waals surface area contributed by atoms with Crippen molar-refractivity contribution in [3.63, 3.8) is 0 Å². The van der Waals surface area contributed by atoms with Crippen molar-refractivity contribution >= 4 is 0 Å². The summed E-state index contributed by atoms with van der Waals surface area (Å²) in [5, 5.41) is 9.07. The highest BCUT2D eigenvalue weighted by molar-refractivity contribution is 5.37. The van der Waals surface area contributed by atoms with Gasteiger partial charge in [-0.15, -0.1) is 6.42 Å². The Morgan fingerprint density at radius 1 is 0.791 bits per heavy atom. The van der Waals surface area contributed by atoms with Crippen LogP contribution >= 0.6 is 0 Å². The third-order valence-corrected chi connectivity index (χ3v) is 8.77. The maximum absolute atomic E-state index is 9.07. The second-order valence-electron chi connectivity index (χ2n) is 13.4. The molecule has 0 aliphatic carbocycles. The molecule has 43 heavy (non-hydrogen) atoms. The molecule has 2 aliphatic heterocycles. The lowest BCUT2D eigenvalue weighted by Gasteiger charge is -2.17. The van der Waals surface area contributed by atoms with Gasteiger partial charge in [-0.3, -0.25) is 0 Å². The van der Waals surface area contributed by atoms with E-state index in [0.29, 0.717) is 30.0 Å². The molecular formula is C38H55N3O2. The summed E-state index contributed by atoms with van der Waals surface area (Å²) in [5.74, 6) is 5.45. The molecule has 0 radical (unpaired) electrons. The fourth-order valence-corrected chi connectivity index (χ4v) is 6.18. The van der Waals surface area contributed by atoms with Gasteiger partial charge in [0.15, 0.2) is 0 Å². The molecule has 5 nitrogen and oxygen atoms in total. The largest absolute Gasteiger partial charge is 0.378 e. The number of aryl methyl sites for hydroxylation is 1. The number of nitrogens with zero attached hydrogens (tertiary/aromatic N) is 3. The van der Waals surface area contributed by atoms with Gasteiger partial charge in [0.1, 0.15) is 0 Å². The molecule has 2 saturated heterocycles. The van der Waals surface area contributed by atoms with Crippen LogP contribution in [-0.4, -0.2) is 74.5 Å². The SMILES string of the molecule is C#Cc1cccc(CCN2CC(C)C(COC(C)C)C2)c1.Cc1cc(C#N)cc(CCN2CC(C)C(COC(C)C)C2)c1. The number of likely N-dealkylation sites (tertiary alicyclic amines) is 2. The zero-order valence-corrected chi connectivity index (χ0v) is 27.8. The van der Waals surface area contributed by atoms with Crippen molar-refractivity contribution in [2.24, 2.45) is 23.7 Å². The first-order valence-electron chi connectivity index (χ1n) is 16.3. The average molecular weight is 586 g/mol. The van der Waals surface area contributed by atoms with E-state index in [4.69, 9.17) is 21.2 Å². The summed E-state index contributed by atoms with van der Waals surface area (Å²) in [6.45, 7) is 23.7. The van der Waals surface area contributed by atoms with Crippen molar-refractivity contribution in [2.75, 3.05) is 52.5 Å². The van der Waals surface area contributed by atoms with Crippen molar-refractivity contribution in [2.45, 2.75) is 73.5 Å². The van der Waals surface area contributed by atoms with Crippen LogP contribution in [0, 0.1) is 54.3 Å². The van der Waals surface area contributed by atoms with Crippen molar-refractivity contribution < 1.29 is 9.47 Å². The molecule has 234 valence electrons. The topological polar surface area (TPSA) is 48.7 Å². The van der Waals surface area contributed by atoms with Crippen molar-refractivity contribution in [1.29, 1.82) is 5.26 Å². The fourth-order valence-electron chi connectivity index (χ4n) is 6.18. The minimum atomic E-state index is 0.318. The molecule has 0 amide bonds. The van der Waals surface area contributed by atoms with Gasteiger partial charge in [-0.05, 0) is 112 Å². The molecule has 0 bridgehead atoms. The Hall–Kier alpha value is -2.67. The van der Waals surface area contributed by atoms with Gasteiger partial charge in [0.2, 0.25) is 0 Å². The van der Waals surface area contributed by atoms with Gasteiger partial charge >= 0.3 is 0 Å². The molecule has 2 aliphatic rings. The lowest BCUT2D eigenvalue weighted by atomic mass is 9.99. The van der Waals surface area contributed by atoms with Crippen LogP contribution in [0.1, 0.15) is 69.4 Å². The number of hydrogen-bond acceptors (Lipinski definition) is 5. The van der Waals surface area contributed by atoms with E-state index >= 15 is 0 Å². The smallest absolute Gasteiger partial charge is 0.0991 e. The maximum atomic E-state index is 9.07. The number of rotatable bonds is 12. The molecule has 2 aromatic rings. The molecule has 4 unspecified atom stereocenters. The molecule has 5 heteroatoms. The van der Waals surface area contributed by atoms with Gasteiger partial charge in [0, 0.05) is 44.8 Å². The van der Waals surface area contributed by atoms with E-state index in [1.807, 2.05) is 18.2 Å². The molecule has 4 atom stereocenters. The standard InChI is InChI=1S/C19H28N2O.C19H27NO/c1-14(2)22-13-19-12-21(11-16(19)4)6-5-17-7-15(3)8-18(9-17)10-20;1-5-17-7-6-8-18(11-17)9-10-20-12-16(4)19(13-20)14-21-15(2)3/h7-9,14,16,19H,5-6,11-13H2,1-4H3;1,6-8,11,15-16,19H,9-10,12-14H2,2-4H3. The summed E-state index contributed by atoms with van der Waals surface area (Å²) in [4.78, 5) is 5.09. The van der Waals surface area contributed by atoms with Crippen molar-refractivity contribution in [3.8, 4) is 18.4 Å². The first-order valence-corrected chi connectivity index (χ1v) is 16.3. The minimum absolute atomic E-state index is 0.318. The number of ether oxygens (including phenoxy) is 2. The van der Waals surface area contributed by atoms with Gasteiger partial charge < -0.3 is 19.3 Å². The van der Waals surface area contributed by atoms with E-state index in [0.717, 1.165) is 75.8 Å². The Labute approximate surface area is 262 Å². The Kier molecular flexibility index (Phi) is 14.2. The molecule has 0 aromatic heterocycles. The highest BCUT2D eigenvalue weighted by Gasteiger charge is 2.30. The van der Waals surface area contributed by atoms with Gasteiger partial charge in [-0.25, -0.2) is 0 Å². The minimum Gasteiger partial charge on any atom is -0.378 e. The van der Waals surface area contributed by atoms with Crippen LogP contribution in [0.25, 0.3) is 0 Å². The van der Waals surface area contributed by atoms with Crippen LogP contribution < -0.4 is 0 Å². The zero-order valence-electron chi connectivity index (χ0n) is 27.8. The molecule has 2 fully saturated rings. The predicted octanol–water partition coefficient (Wildman–Crippen LogP) is 6.61. The predicted molar refractivity (Wildman–Crippen MR) is 178 cm³/mol. The van der Waals surface area contributed by atoms with Crippen LogP contribution in [0.3, 0.4) is 0 Å². The van der Waals surface area contributed by atoms with Gasteiger partial charge in [0.25, 0.3) is 0 Å². The summed E-state index contributed by atoms with van der Waals surface area (Å²) in [5.41, 5.74) is 5.52. The van der Waals surface area contributed by atoms with E-state index in [9.17, 15) is 0 Å². The molecular weight excluding hydrogens is 530 g/mol. The van der Waals surface area contributed by atoms with Crippen LogP contribution in [-0.2, 0) is 22.3 Å². The molecule has 4 rings (SSSR count). The summed E-state index contributed by atoms with van der Waals surface area (Å²) < 4.78 is 11.6. The van der Waals surface area contributed by atoms with E-state index in [1.54, 1.807) is 0 Å². The molecule has 0 spiro atoms. The van der Waals surface area contributed by atoms with E-state index in [2.05, 4.69) is 94.5 Å². The number of nitriles is 1. The first-order chi connectivity index (χ1) is 20.6. The summed E-state index contributed by atoms with van der Waals surface area (Å²) in [6.07, 6.45) is 8.19. The summed E-state index contributed by atoms with van der Waals surface area (Å²) >= 11 is 0. The Morgan fingerprint density at radius 2 is 1.33 bits per heavy atom. The zero-order chi connectivity index (χ0) is 31.4. The second kappa shape index (κ2) is 17.6. The van der Waals surface area contributed by atoms with Crippen LogP contribution in [0.4, 0.5) is 0 Å².